The van der Waals surface area contributed by atoms with Crippen LogP contribution in [0, 0.1) is 0 Å². The van der Waals surface area contributed by atoms with Gasteiger partial charge in [-0.25, -0.2) is 4.98 Å². The molecule has 0 saturated carbocycles. The van der Waals surface area contributed by atoms with Gasteiger partial charge in [0.25, 0.3) is 0 Å². The molecule has 1 aliphatic heterocycles. The maximum atomic E-state index is 5.76. The van der Waals surface area contributed by atoms with Gasteiger partial charge in [-0.05, 0) is 18.2 Å². The summed E-state index contributed by atoms with van der Waals surface area (Å²) in [5, 5.41) is 8.21. The fourth-order valence-electron chi connectivity index (χ4n) is 2.46. The van der Waals surface area contributed by atoms with Gasteiger partial charge in [-0.1, -0.05) is 6.07 Å². The number of aromatic nitrogens is 3. The molecular weight excluding hydrogens is 252 g/mol. The van der Waals surface area contributed by atoms with Crippen molar-refractivity contribution in [3.8, 4) is 0 Å². The van der Waals surface area contributed by atoms with Gasteiger partial charge < -0.3 is 15.5 Å². The number of hydrogen-bond donors (Lipinski definition) is 1. The molecule has 0 unspecified atom stereocenters. The van der Waals surface area contributed by atoms with E-state index in [0.717, 1.165) is 43.4 Å². The fraction of sp³-hybridized carbons (Fsp3) is 0.357. The Bertz CT molecular complexity index is 551. The lowest BCUT2D eigenvalue weighted by molar-refractivity contribution is 0.635. The number of rotatable bonds is 3. The zero-order valence-corrected chi connectivity index (χ0v) is 11.3. The van der Waals surface area contributed by atoms with Crippen LogP contribution in [0.25, 0.3) is 0 Å². The molecule has 0 radical (unpaired) electrons. The zero-order chi connectivity index (χ0) is 13.8. The smallest absolute Gasteiger partial charge is 0.155 e. The molecule has 2 N–H and O–H groups in total. The molecule has 0 atom stereocenters. The highest BCUT2D eigenvalue weighted by molar-refractivity contribution is 5.48. The Labute approximate surface area is 118 Å². The third kappa shape index (κ3) is 2.55. The van der Waals surface area contributed by atoms with E-state index in [-0.39, 0.29) is 0 Å². The van der Waals surface area contributed by atoms with Crippen LogP contribution in [0.1, 0.15) is 5.56 Å². The van der Waals surface area contributed by atoms with Crippen molar-refractivity contribution in [2.75, 3.05) is 36.0 Å². The predicted molar refractivity (Wildman–Crippen MR) is 78.6 cm³/mol. The minimum atomic E-state index is 0.491. The van der Waals surface area contributed by atoms with Gasteiger partial charge in [0.2, 0.25) is 0 Å². The van der Waals surface area contributed by atoms with Crippen molar-refractivity contribution < 1.29 is 0 Å². The molecule has 3 rings (SSSR count). The number of anilines is 2. The second-order valence-electron chi connectivity index (χ2n) is 4.75. The first-order valence-corrected chi connectivity index (χ1v) is 6.80. The minimum Gasteiger partial charge on any atom is -0.353 e. The van der Waals surface area contributed by atoms with Crippen LogP contribution in [0.4, 0.5) is 11.6 Å². The summed E-state index contributed by atoms with van der Waals surface area (Å²) in [7, 11) is 0. The molecule has 0 aliphatic carbocycles. The van der Waals surface area contributed by atoms with E-state index in [9.17, 15) is 0 Å². The maximum Gasteiger partial charge on any atom is 0.155 e. The maximum absolute atomic E-state index is 5.76. The molecule has 0 aromatic carbocycles. The molecule has 0 bridgehead atoms. The molecule has 1 aliphatic rings. The van der Waals surface area contributed by atoms with Crippen LogP contribution in [0.15, 0.2) is 36.7 Å². The molecule has 6 nitrogen and oxygen atoms in total. The minimum absolute atomic E-state index is 0.491. The summed E-state index contributed by atoms with van der Waals surface area (Å²) in [6.07, 6.45) is 3.52. The van der Waals surface area contributed by atoms with Crippen LogP contribution in [0.5, 0.6) is 0 Å². The summed E-state index contributed by atoms with van der Waals surface area (Å²) in [5.74, 6) is 1.95. The van der Waals surface area contributed by atoms with Crippen molar-refractivity contribution in [3.63, 3.8) is 0 Å². The van der Waals surface area contributed by atoms with Crippen LogP contribution in [0.2, 0.25) is 0 Å². The Morgan fingerprint density at radius 3 is 2.50 bits per heavy atom. The van der Waals surface area contributed by atoms with Crippen molar-refractivity contribution in [1.29, 1.82) is 0 Å². The van der Waals surface area contributed by atoms with Crippen molar-refractivity contribution in [2.24, 2.45) is 5.73 Å². The third-order valence-corrected chi connectivity index (χ3v) is 3.55. The van der Waals surface area contributed by atoms with E-state index in [1.165, 1.54) is 0 Å². The molecule has 0 amide bonds. The van der Waals surface area contributed by atoms with E-state index >= 15 is 0 Å². The van der Waals surface area contributed by atoms with Gasteiger partial charge in [0.1, 0.15) is 5.82 Å². The lowest BCUT2D eigenvalue weighted by Gasteiger charge is -2.36. The van der Waals surface area contributed by atoms with Gasteiger partial charge in [-0.15, -0.1) is 5.10 Å². The lowest BCUT2D eigenvalue weighted by atomic mass is 10.2. The van der Waals surface area contributed by atoms with Crippen LogP contribution in [-0.2, 0) is 6.54 Å². The fourth-order valence-corrected chi connectivity index (χ4v) is 2.46. The van der Waals surface area contributed by atoms with Gasteiger partial charge in [0, 0.05) is 44.5 Å². The highest BCUT2D eigenvalue weighted by Crippen LogP contribution is 2.19. The van der Waals surface area contributed by atoms with Gasteiger partial charge in [-0.3, -0.25) is 0 Å². The molecule has 0 spiro atoms. The summed E-state index contributed by atoms with van der Waals surface area (Å²) in [5.41, 5.74) is 6.81. The second kappa shape index (κ2) is 5.83. The largest absolute Gasteiger partial charge is 0.353 e. The van der Waals surface area contributed by atoms with E-state index in [2.05, 4.69) is 25.0 Å². The number of nitrogens with zero attached hydrogens (tertiary/aromatic N) is 5. The Hall–Kier alpha value is -2.21. The van der Waals surface area contributed by atoms with Gasteiger partial charge in [-0.2, -0.15) is 5.10 Å². The van der Waals surface area contributed by atoms with Gasteiger partial charge in [0.05, 0.1) is 6.20 Å². The lowest BCUT2D eigenvalue weighted by Crippen LogP contribution is -2.47. The number of piperazine rings is 1. The molecular formula is C14H18N6. The molecule has 1 saturated heterocycles. The first-order valence-electron chi connectivity index (χ1n) is 6.80. The van der Waals surface area contributed by atoms with Crippen molar-refractivity contribution in [2.45, 2.75) is 6.54 Å². The predicted octanol–water partition coefficient (Wildman–Crippen LogP) is 0.657. The summed E-state index contributed by atoms with van der Waals surface area (Å²) in [6.45, 7) is 4.16. The summed E-state index contributed by atoms with van der Waals surface area (Å²) < 4.78 is 0. The van der Waals surface area contributed by atoms with E-state index in [4.69, 9.17) is 5.73 Å². The van der Waals surface area contributed by atoms with E-state index < -0.39 is 0 Å². The first-order chi connectivity index (χ1) is 9.88. The monoisotopic (exact) mass is 270 g/mol. The number of hydrogen-bond acceptors (Lipinski definition) is 6. The third-order valence-electron chi connectivity index (χ3n) is 3.55. The van der Waals surface area contributed by atoms with Gasteiger partial charge >= 0.3 is 0 Å². The Balaban J connectivity index is 1.70. The Morgan fingerprint density at radius 1 is 1.00 bits per heavy atom. The molecule has 1 fully saturated rings. The first kappa shape index (κ1) is 12.8. The van der Waals surface area contributed by atoms with Crippen molar-refractivity contribution in [1.82, 2.24) is 15.2 Å². The average Bonchev–Trinajstić information content (AvgIpc) is 2.56. The van der Waals surface area contributed by atoms with Crippen LogP contribution < -0.4 is 15.5 Å². The molecule has 6 heteroatoms. The summed E-state index contributed by atoms with van der Waals surface area (Å²) in [6, 6.07) is 7.94. The number of nitrogens with two attached hydrogens (primary N) is 1. The second-order valence-corrected chi connectivity index (χ2v) is 4.75. The standard InChI is InChI=1S/C14H18N6/c15-11-12-4-6-17-18-14(12)20-9-7-19(8-10-20)13-3-1-2-5-16-13/h1-6H,7-11,15H2. The van der Waals surface area contributed by atoms with Crippen LogP contribution in [-0.4, -0.2) is 41.4 Å². The summed E-state index contributed by atoms with van der Waals surface area (Å²) in [4.78, 5) is 8.92. The molecule has 2 aromatic heterocycles. The number of pyridine rings is 1. The quantitative estimate of drug-likeness (QED) is 0.883. The molecule has 2 aromatic rings. The zero-order valence-electron chi connectivity index (χ0n) is 11.3. The van der Waals surface area contributed by atoms with Crippen molar-refractivity contribution >= 4 is 11.6 Å². The van der Waals surface area contributed by atoms with E-state index in [1.54, 1.807) is 6.20 Å². The van der Waals surface area contributed by atoms with Gasteiger partial charge in [0.15, 0.2) is 5.82 Å². The topological polar surface area (TPSA) is 71.2 Å². The highest BCUT2D eigenvalue weighted by Gasteiger charge is 2.20. The van der Waals surface area contributed by atoms with E-state index in [0.29, 0.717) is 6.54 Å². The summed E-state index contributed by atoms with van der Waals surface area (Å²) >= 11 is 0. The SMILES string of the molecule is NCc1ccnnc1N1CCN(c2ccccn2)CC1. The molecule has 104 valence electrons. The Kier molecular flexibility index (Phi) is 3.73. The van der Waals surface area contributed by atoms with Crippen LogP contribution in [0.3, 0.4) is 0 Å². The molecule has 3 heterocycles. The Morgan fingerprint density at radius 2 is 1.80 bits per heavy atom. The highest BCUT2D eigenvalue weighted by atomic mass is 15.3. The molecule has 20 heavy (non-hydrogen) atoms. The van der Waals surface area contributed by atoms with E-state index in [1.807, 2.05) is 30.5 Å². The van der Waals surface area contributed by atoms with Crippen molar-refractivity contribution in [3.05, 3.63) is 42.2 Å². The average molecular weight is 270 g/mol. The normalized spacial score (nSPS) is 15.4. The van der Waals surface area contributed by atoms with Crippen LogP contribution >= 0.6 is 0 Å².